The molecule has 1 aliphatic carbocycles. The third-order valence-electron chi connectivity index (χ3n) is 5.15. The van der Waals surface area contributed by atoms with Crippen LogP contribution in [0.1, 0.15) is 49.4 Å². The molecular weight excluding hydrogens is 305 g/mol. The van der Waals surface area contributed by atoms with Gasteiger partial charge in [-0.3, -0.25) is 4.90 Å². The Morgan fingerprint density at radius 2 is 1.91 bits per heavy atom. The number of rotatable bonds is 3. The van der Waals surface area contributed by atoms with Crippen molar-refractivity contribution in [3.05, 3.63) is 29.6 Å². The summed E-state index contributed by atoms with van der Waals surface area (Å²) in [6.07, 6.45) is 0.715. The fourth-order valence-electron chi connectivity index (χ4n) is 3.96. The van der Waals surface area contributed by atoms with Gasteiger partial charge in [0.15, 0.2) is 0 Å². The minimum absolute atomic E-state index is 0.0781. The third-order valence-corrected chi connectivity index (χ3v) is 5.15. The van der Waals surface area contributed by atoms with Crippen LogP contribution in [0.15, 0.2) is 18.2 Å². The smallest absolute Gasteiger partial charge is 0.380 e. The topological polar surface area (TPSA) is 25.4 Å². The van der Waals surface area contributed by atoms with Gasteiger partial charge in [0, 0.05) is 24.8 Å². The number of likely N-dealkylation sites (tertiary alicyclic amines) is 1. The molecule has 1 saturated carbocycles. The second-order valence-corrected chi connectivity index (χ2v) is 6.54. The highest BCUT2D eigenvalue weighted by Gasteiger charge is 2.38. The molecule has 0 N–H and O–H groups in total. The van der Waals surface area contributed by atoms with E-state index in [2.05, 4.69) is 9.88 Å². The molecular formula is C17H23F3N2O. The molecule has 6 heteroatoms. The van der Waals surface area contributed by atoms with Crippen LogP contribution in [0.25, 0.3) is 0 Å². The summed E-state index contributed by atoms with van der Waals surface area (Å²) < 4.78 is 44.3. The predicted molar refractivity (Wildman–Crippen MR) is 81.2 cm³/mol. The number of hydrogen-bond acceptors (Lipinski definition) is 3. The number of halogens is 3. The summed E-state index contributed by atoms with van der Waals surface area (Å²) in [5.74, 6) is 0.0781. The maximum absolute atomic E-state index is 12.9. The lowest BCUT2D eigenvalue weighted by Gasteiger charge is -2.40. The van der Waals surface area contributed by atoms with E-state index in [-0.39, 0.29) is 18.1 Å². The summed E-state index contributed by atoms with van der Waals surface area (Å²) in [5, 5.41) is 0. The van der Waals surface area contributed by atoms with Crippen LogP contribution >= 0.6 is 0 Å². The van der Waals surface area contributed by atoms with Crippen LogP contribution in [-0.4, -0.2) is 42.2 Å². The van der Waals surface area contributed by atoms with Gasteiger partial charge in [-0.25, -0.2) is 4.98 Å². The lowest BCUT2D eigenvalue weighted by Crippen LogP contribution is -2.46. The van der Waals surface area contributed by atoms with E-state index in [9.17, 15) is 13.2 Å². The van der Waals surface area contributed by atoms with Gasteiger partial charge in [0.05, 0.1) is 6.10 Å². The average molecular weight is 328 g/mol. The molecule has 1 aromatic heterocycles. The summed E-state index contributed by atoms with van der Waals surface area (Å²) >= 11 is 0. The van der Waals surface area contributed by atoms with Crippen LogP contribution in [0.3, 0.4) is 0 Å². The van der Waals surface area contributed by atoms with Crippen molar-refractivity contribution in [3.8, 4) is 0 Å². The van der Waals surface area contributed by atoms with E-state index >= 15 is 0 Å². The van der Waals surface area contributed by atoms with Gasteiger partial charge in [-0.05, 0) is 57.3 Å². The lowest BCUT2D eigenvalue weighted by atomic mass is 9.81. The van der Waals surface area contributed by atoms with Gasteiger partial charge in [-0.15, -0.1) is 0 Å². The summed E-state index contributed by atoms with van der Waals surface area (Å²) in [5.41, 5.74) is -0.222. The fourth-order valence-corrected chi connectivity index (χ4v) is 3.96. The van der Waals surface area contributed by atoms with Gasteiger partial charge < -0.3 is 4.74 Å². The van der Waals surface area contributed by atoms with Crippen molar-refractivity contribution in [2.45, 2.75) is 56.3 Å². The molecule has 23 heavy (non-hydrogen) atoms. The van der Waals surface area contributed by atoms with Crippen molar-refractivity contribution in [1.82, 2.24) is 9.88 Å². The molecule has 3 atom stereocenters. The monoisotopic (exact) mass is 328 g/mol. The molecule has 2 heterocycles. The minimum atomic E-state index is -4.38. The second-order valence-electron chi connectivity index (χ2n) is 6.54. The molecule has 0 spiro atoms. The first-order valence-electron chi connectivity index (χ1n) is 8.30. The molecule has 3 rings (SSSR count). The highest BCUT2D eigenvalue weighted by Crippen LogP contribution is 2.37. The molecule has 1 saturated heterocycles. The summed E-state index contributed by atoms with van der Waals surface area (Å²) in [7, 11) is 1.73. The molecule has 1 aliphatic heterocycles. The zero-order valence-corrected chi connectivity index (χ0v) is 13.4. The molecule has 0 unspecified atom stereocenters. The summed E-state index contributed by atoms with van der Waals surface area (Å²) in [4.78, 5) is 6.33. The Kier molecular flexibility index (Phi) is 4.92. The van der Waals surface area contributed by atoms with Crippen molar-refractivity contribution < 1.29 is 17.9 Å². The Hall–Kier alpha value is -1.14. The Labute approximate surface area is 134 Å². The van der Waals surface area contributed by atoms with Crippen molar-refractivity contribution in [1.29, 1.82) is 0 Å². The fraction of sp³-hybridized carbons (Fsp3) is 0.706. The highest BCUT2D eigenvalue weighted by molar-refractivity contribution is 5.18. The van der Waals surface area contributed by atoms with Crippen LogP contribution in [0.2, 0.25) is 0 Å². The minimum Gasteiger partial charge on any atom is -0.380 e. The normalized spacial score (nSPS) is 29.8. The van der Waals surface area contributed by atoms with Gasteiger partial charge in [-0.1, -0.05) is 6.07 Å². The molecule has 2 fully saturated rings. The predicted octanol–water partition coefficient (Wildman–Crippen LogP) is 3.85. The zero-order valence-electron chi connectivity index (χ0n) is 13.4. The van der Waals surface area contributed by atoms with Crippen molar-refractivity contribution in [3.63, 3.8) is 0 Å². The van der Waals surface area contributed by atoms with Gasteiger partial charge in [0.2, 0.25) is 0 Å². The van der Waals surface area contributed by atoms with Gasteiger partial charge in [0.25, 0.3) is 0 Å². The third kappa shape index (κ3) is 3.69. The van der Waals surface area contributed by atoms with Crippen LogP contribution in [0.4, 0.5) is 13.2 Å². The SMILES string of the molecule is CO[C@H]1CC[C@H](c2cccc(C(F)(F)F)n2)C[C@@H]1N1CCCC1. The first-order chi connectivity index (χ1) is 11.0. The molecule has 1 aromatic rings. The van der Waals surface area contributed by atoms with Crippen LogP contribution < -0.4 is 0 Å². The Balaban J connectivity index is 1.78. The van der Waals surface area contributed by atoms with Gasteiger partial charge in [0.1, 0.15) is 5.69 Å². The van der Waals surface area contributed by atoms with Crippen molar-refractivity contribution in [2.24, 2.45) is 0 Å². The number of ether oxygens (including phenoxy) is 1. The standard InChI is InChI=1S/C17H23F3N2O/c1-23-15-8-7-12(11-14(15)22-9-2-3-10-22)13-5-4-6-16(21-13)17(18,19)20/h4-6,12,14-15H,2-3,7-11H2,1H3/t12-,14-,15-/m0/s1. The van der Waals surface area contributed by atoms with E-state index < -0.39 is 11.9 Å². The number of alkyl halides is 3. The quantitative estimate of drug-likeness (QED) is 0.843. The second kappa shape index (κ2) is 6.77. The van der Waals surface area contributed by atoms with Crippen LogP contribution in [0.5, 0.6) is 0 Å². The summed E-state index contributed by atoms with van der Waals surface area (Å²) in [6, 6.07) is 4.53. The van der Waals surface area contributed by atoms with E-state index in [4.69, 9.17) is 4.74 Å². The Morgan fingerprint density at radius 3 is 2.57 bits per heavy atom. The van der Waals surface area contributed by atoms with E-state index in [0.29, 0.717) is 5.69 Å². The highest BCUT2D eigenvalue weighted by atomic mass is 19.4. The molecule has 3 nitrogen and oxygen atoms in total. The molecule has 0 aromatic carbocycles. The van der Waals surface area contributed by atoms with Crippen molar-refractivity contribution in [2.75, 3.05) is 20.2 Å². The number of nitrogens with zero attached hydrogens (tertiary/aromatic N) is 2. The molecule has 128 valence electrons. The maximum atomic E-state index is 12.9. The van der Waals surface area contributed by atoms with Gasteiger partial charge >= 0.3 is 6.18 Å². The number of methoxy groups -OCH3 is 1. The molecule has 0 amide bonds. The number of pyridine rings is 1. The largest absolute Gasteiger partial charge is 0.433 e. The molecule has 2 aliphatic rings. The lowest BCUT2D eigenvalue weighted by molar-refractivity contribution is -0.141. The van der Waals surface area contributed by atoms with E-state index in [1.807, 2.05) is 0 Å². The Bertz CT molecular complexity index is 527. The first-order valence-corrected chi connectivity index (χ1v) is 8.30. The summed E-state index contributed by atoms with van der Waals surface area (Å²) in [6.45, 7) is 2.13. The van der Waals surface area contributed by atoms with E-state index in [0.717, 1.165) is 38.4 Å². The molecule has 0 bridgehead atoms. The van der Waals surface area contributed by atoms with Crippen molar-refractivity contribution >= 4 is 0 Å². The van der Waals surface area contributed by atoms with E-state index in [1.165, 1.54) is 18.9 Å². The number of aromatic nitrogens is 1. The van der Waals surface area contributed by atoms with Crippen LogP contribution in [0, 0.1) is 0 Å². The Morgan fingerprint density at radius 1 is 1.17 bits per heavy atom. The maximum Gasteiger partial charge on any atom is 0.433 e. The average Bonchev–Trinajstić information content (AvgIpc) is 3.08. The molecule has 0 radical (unpaired) electrons. The van der Waals surface area contributed by atoms with E-state index in [1.54, 1.807) is 13.2 Å². The first kappa shape index (κ1) is 16.7. The van der Waals surface area contributed by atoms with Crippen LogP contribution in [-0.2, 0) is 10.9 Å². The van der Waals surface area contributed by atoms with Gasteiger partial charge in [-0.2, -0.15) is 13.2 Å². The zero-order chi connectivity index (χ0) is 16.4. The number of hydrogen-bond donors (Lipinski definition) is 0.